The lowest BCUT2D eigenvalue weighted by Gasteiger charge is -2.21. The number of nitrogens with zero attached hydrogens (tertiary/aromatic N) is 2. The number of carbonyl (C=O) groups excluding carboxylic acids is 2. The van der Waals surface area contributed by atoms with Crippen LogP contribution in [0.15, 0.2) is 47.1 Å². The van der Waals surface area contributed by atoms with Gasteiger partial charge in [-0.3, -0.25) is 9.59 Å². The smallest absolute Gasteiger partial charge is 0.416 e. The molecule has 1 aliphatic rings. The monoisotopic (exact) mass is 366 g/mol. The SMILES string of the molecule is CN(Cc1ccco1)C(=O)[C@@H]1CC(=O)N(c2cccc(C(F)(F)F)c2)C1. The molecule has 1 aliphatic heterocycles. The molecule has 1 fully saturated rings. The Morgan fingerprint density at radius 2 is 2.08 bits per heavy atom. The number of rotatable bonds is 4. The largest absolute Gasteiger partial charge is 0.467 e. The Morgan fingerprint density at radius 1 is 1.31 bits per heavy atom. The molecule has 0 N–H and O–H groups in total. The summed E-state index contributed by atoms with van der Waals surface area (Å²) in [7, 11) is 1.60. The molecule has 26 heavy (non-hydrogen) atoms. The van der Waals surface area contributed by atoms with Crippen molar-refractivity contribution in [3.63, 3.8) is 0 Å². The van der Waals surface area contributed by atoms with Gasteiger partial charge in [-0.05, 0) is 30.3 Å². The fourth-order valence-electron chi connectivity index (χ4n) is 3.00. The van der Waals surface area contributed by atoms with Crippen LogP contribution >= 0.6 is 0 Å². The maximum Gasteiger partial charge on any atom is 0.416 e. The molecule has 0 radical (unpaired) electrons. The average molecular weight is 366 g/mol. The predicted octanol–water partition coefficient (Wildman–Crippen LogP) is 3.31. The van der Waals surface area contributed by atoms with Gasteiger partial charge < -0.3 is 14.2 Å². The highest BCUT2D eigenvalue weighted by Crippen LogP contribution is 2.33. The summed E-state index contributed by atoms with van der Waals surface area (Å²) in [5, 5.41) is 0. The van der Waals surface area contributed by atoms with Gasteiger partial charge in [-0.15, -0.1) is 0 Å². The molecule has 5 nitrogen and oxygen atoms in total. The van der Waals surface area contributed by atoms with E-state index in [1.807, 2.05) is 0 Å². The van der Waals surface area contributed by atoms with Crippen LogP contribution in [0.4, 0.5) is 18.9 Å². The summed E-state index contributed by atoms with van der Waals surface area (Å²) in [4.78, 5) is 27.5. The van der Waals surface area contributed by atoms with Crippen molar-refractivity contribution in [2.75, 3.05) is 18.5 Å². The molecule has 1 aromatic heterocycles. The van der Waals surface area contributed by atoms with E-state index in [2.05, 4.69) is 0 Å². The van der Waals surface area contributed by atoms with E-state index in [9.17, 15) is 22.8 Å². The molecule has 2 amide bonds. The fraction of sp³-hybridized carbons (Fsp3) is 0.333. The van der Waals surface area contributed by atoms with Gasteiger partial charge in [-0.2, -0.15) is 13.2 Å². The van der Waals surface area contributed by atoms with Crippen molar-refractivity contribution in [1.29, 1.82) is 0 Å². The summed E-state index contributed by atoms with van der Waals surface area (Å²) in [6, 6.07) is 8.01. The molecule has 0 bridgehead atoms. The molecule has 0 aliphatic carbocycles. The van der Waals surface area contributed by atoms with Gasteiger partial charge in [0.25, 0.3) is 0 Å². The first-order chi connectivity index (χ1) is 12.3. The Labute approximate surface area is 148 Å². The highest BCUT2D eigenvalue weighted by molar-refractivity contribution is 6.00. The van der Waals surface area contributed by atoms with E-state index < -0.39 is 17.7 Å². The molecule has 0 spiro atoms. The minimum atomic E-state index is -4.49. The van der Waals surface area contributed by atoms with Crippen LogP contribution in [-0.2, 0) is 22.3 Å². The number of amides is 2. The lowest BCUT2D eigenvalue weighted by atomic mass is 10.1. The average Bonchev–Trinajstić information content (AvgIpc) is 3.23. The van der Waals surface area contributed by atoms with E-state index in [4.69, 9.17) is 4.42 Å². The second-order valence-corrected chi connectivity index (χ2v) is 6.23. The van der Waals surface area contributed by atoms with Crippen LogP contribution in [0.2, 0.25) is 0 Å². The molecule has 1 aromatic carbocycles. The van der Waals surface area contributed by atoms with Gasteiger partial charge >= 0.3 is 6.18 Å². The lowest BCUT2D eigenvalue weighted by molar-refractivity contribution is -0.137. The van der Waals surface area contributed by atoms with Gasteiger partial charge in [-0.1, -0.05) is 6.07 Å². The third kappa shape index (κ3) is 3.74. The third-order valence-corrected chi connectivity index (χ3v) is 4.31. The molecule has 1 atom stereocenters. The summed E-state index contributed by atoms with van der Waals surface area (Å²) in [5.41, 5.74) is -0.679. The maximum atomic E-state index is 12.9. The van der Waals surface area contributed by atoms with Gasteiger partial charge in [0.2, 0.25) is 11.8 Å². The van der Waals surface area contributed by atoms with Gasteiger partial charge in [-0.25, -0.2) is 0 Å². The molecule has 2 heterocycles. The van der Waals surface area contributed by atoms with Crippen molar-refractivity contribution in [3.8, 4) is 0 Å². The first kappa shape index (κ1) is 18.0. The quantitative estimate of drug-likeness (QED) is 0.834. The molecule has 8 heteroatoms. The van der Waals surface area contributed by atoms with E-state index in [-0.39, 0.29) is 37.0 Å². The predicted molar refractivity (Wildman–Crippen MR) is 87.1 cm³/mol. The Balaban J connectivity index is 1.71. The standard InChI is InChI=1S/C18H17F3N2O3/c1-22(11-15-6-3-7-26-15)17(25)12-8-16(24)23(10-12)14-5-2-4-13(9-14)18(19,20)21/h2-7,9,12H,8,10-11H2,1H3/t12-/m1/s1. The summed E-state index contributed by atoms with van der Waals surface area (Å²) in [5.74, 6) is -0.602. The molecule has 138 valence electrons. The molecule has 0 saturated carbocycles. The van der Waals surface area contributed by atoms with Crippen LogP contribution < -0.4 is 4.90 Å². The molecule has 1 saturated heterocycles. The molecule has 2 aromatic rings. The normalized spacial score (nSPS) is 17.6. The van der Waals surface area contributed by atoms with Crippen molar-refractivity contribution in [1.82, 2.24) is 4.90 Å². The van der Waals surface area contributed by atoms with E-state index in [0.29, 0.717) is 5.76 Å². The number of carbonyl (C=O) groups is 2. The number of anilines is 1. The lowest BCUT2D eigenvalue weighted by Crippen LogP contribution is -2.34. The van der Waals surface area contributed by atoms with Gasteiger partial charge in [0.05, 0.1) is 24.3 Å². The van der Waals surface area contributed by atoms with Crippen LogP contribution in [0, 0.1) is 5.92 Å². The first-order valence-corrected chi connectivity index (χ1v) is 8.00. The van der Waals surface area contributed by atoms with E-state index in [1.54, 1.807) is 19.2 Å². The van der Waals surface area contributed by atoms with Crippen molar-refractivity contribution in [3.05, 3.63) is 54.0 Å². The zero-order chi connectivity index (χ0) is 18.9. The van der Waals surface area contributed by atoms with Crippen molar-refractivity contribution < 1.29 is 27.2 Å². The van der Waals surface area contributed by atoms with Crippen LogP contribution in [-0.4, -0.2) is 30.3 Å². The summed E-state index contributed by atoms with van der Waals surface area (Å²) in [6.45, 7) is 0.321. The number of halogens is 3. The Kier molecular flexibility index (Phi) is 4.76. The number of hydrogen-bond acceptors (Lipinski definition) is 3. The minimum absolute atomic E-state index is 0.0302. The Bertz CT molecular complexity index is 802. The van der Waals surface area contributed by atoms with E-state index >= 15 is 0 Å². The summed E-state index contributed by atoms with van der Waals surface area (Å²) in [6.07, 6.45) is -3.02. The molecule has 0 unspecified atom stereocenters. The molecular formula is C18H17F3N2O3. The second-order valence-electron chi connectivity index (χ2n) is 6.23. The Hall–Kier alpha value is -2.77. The number of hydrogen-bond donors (Lipinski definition) is 0. The first-order valence-electron chi connectivity index (χ1n) is 8.00. The maximum absolute atomic E-state index is 12.9. The highest BCUT2D eigenvalue weighted by Gasteiger charge is 2.38. The zero-order valence-electron chi connectivity index (χ0n) is 14.0. The number of benzene rings is 1. The third-order valence-electron chi connectivity index (χ3n) is 4.31. The van der Waals surface area contributed by atoms with Crippen molar-refractivity contribution >= 4 is 17.5 Å². The van der Waals surface area contributed by atoms with Crippen LogP contribution in [0.3, 0.4) is 0 Å². The number of alkyl halides is 3. The number of furan rings is 1. The van der Waals surface area contributed by atoms with Crippen LogP contribution in [0.5, 0.6) is 0 Å². The van der Waals surface area contributed by atoms with Crippen molar-refractivity contribution in [2.24, 2.45) is 5.92 Å². The molecular weight excluding hydrogens is 349 g/mol. The minimum Gasteiger partial charge on any atom is -0.467 e. The summed E-state index contributed by atoms with van der Waals surface area (Å²) < 4.78 is 43.8. The fourth-order valence-corrected chi connectivity index (χ4v) is 3.00. The van der Waals surface area contributed by atoms with Crippen molar-refractivity contribution in [2.45, 2.75) is 19.1 Å². The van der Waals surface area contributed by atoms with E-state index in [0.717, 1.165) is 12.1 Å². The Morgan fingerprint density at radius 3 is 2.73 bits per heavy atom. The van der Waals surface area contributed by atoms with Gasteiger partial charge in [0.1, 0.15) is 5.76 Å². The second kappa shape index (κ2) is 6.86. The topological polar surface area (TPSA) is 53.8 Å². The van der Waals surface area contributed by atoms with Gasteiger partial charge in [0.15, 0.2) is 0 Å². The van der Waals surface area contributed by atoms with Crippen LogP contribution in [0.25, 0.3) is 0 Å². The van der Waals surface area contributed by atoms with Crippen LogP contribution in [0.1, 0.15) is 17.7 Å². The highest BCUT2D eigenvalue weighted by atomic mass is 19.4. The zero-order valence-corrected chi connectivity index (χ0v) is 14.0. The summed E-state index contributed by atoms with van der Waals surface area (Å²) >= 11 is 0. The van der Waals surface area contributed by atoms with E-state index in [1.165, 1.54) is 28.2 Å². The molecule has 3 rings (SSSR count). The van der Waals surface area contributed by atoms with Gasteiger partial charge in [0, 0.05) is 25.7 Å².